The predicted molar refractivity (Wildman–Crippen MR) is 76.0 cm³/mol. The highest BCUT2D eigenvalue weighted by Crippen LogP contribution is 2.07. The van der Waals surface area contributed by atoms with E-state index in [-0.39, 0.29) is 5.78 Å². The molecule has 0 unspecified atom stereocenters. The van der Waals surface area contributed by atoms with Gasteiger partial charge >= 0.3 is 0 Å². The summed E-state index contributed by atoms with van der Waals surface area (Å²) < 4.78 is 0. The first-order valence-electron chi connectivity index (χ1n) is 5.68. The van der Waals surface area contributed by atoms with Gasteiger partial charge < -0.3 is 11.5 Å². The number of aromatic nitrogens is 4. The Balaban J connectivity index is 2.02. The van der Waals surface area contributed by atoms with Gasteiger partial charge in [-0.3, -0.25) is 4.79 Å². The molecular formula is C13H12N6O. The number of hydrogen-bond acceptors (Lipinski definition) is 7. The van der Waals surface area contributed by atoms with Crippen LogP contribution in [0.2, 0.25) is 0 Å². The molecule has 0 atom stereocenters. The van der Waals surface area contributed by atoms with Crippen molar-refractivity contribution in [2.45, 2.75) is 0 Å². The van der Waals surface area contributed by atoms with E-state index in [4.69, 9.17) is 11.5 Å². The van der Waals surface area contributed by atoms with Crippen LogP contribution in [-0.2, 0) is 4.79 Å². The number of nitrogens with two attached hydrogens (primary N) is 2. The number of ketones is 1. The van der Waals surface area contributed by atoms with E-state index in [9.17, 15) is 4.79 Å². The van der Waals surface area contributed by atoms with Crippen LogP contribution in [0.1, 0.15) is 11.5 Å². The van der Waals surface area contributed by atoms with Crippen LogP contribution in [-0.4, -0.2) is 25.7 Å². The molecule has 0 saturated heterocycles. The fraction of sp³-hybridized carbons (Fsp3) is 0. The Morgan fingerprint density at radius 2 is 1.70 bits per heavy atom. The number of anilines is 2. The molecule has 7 heteroatoms. The quantitative estimate of drug-likeness (QED) is 0.784. The molecule has 2 heterocycles. The Morgan fingerprint density at radius 3 is 2.40 bits per heavy atom. The van der Waals surface area contributed by atoms with Crippen LogP contribution >= 0.6 is 0 Å². The summed E-state index contributed by atoms with van der Waals surface area (Å²) in [6.45, 7) is 0. The van der Waals surface area contributed by atoms with Crippen molar-refractivity contribution in [1.29, 1.82) is 0 Å². The molecule has 2 rings (SSSR count). The summed E-state index contributed by atoms with van der Waals surface area (Å²) in [5.41, 5.74) is 12.5. The summed E-state index contributed by atoms with van der Waals surface area (Å²) in [7, 11) is 0. The summed E-state index contributed by atoms with van der Waals surface area (Å²) in [5, 5.41) is 0. The Morgan fingerprint density at radius 1 is 1.00 bits per heavy atom. The fourth-order valence-corrected chi connectivity index (χ4v) is 1.30. The van der Waals surface area contributed by atoms with Crippen molar-refractivity contribution in [2.75, 3.05) is 11.5 Å². The van der Waals surface area contributed by atoms with Gasteiger partial charge in [-0.15, -0.1) is 0 Å². The number of carbonyl (C=O) groups excluding carboxylic acids is 1. The monoisotopic (exact) mass is 268 g/mol. The van der Waals surface area contributed by atoms with Crippen LogP contribution in [0, 0.1) is 0 Å². The number of allylic oxidation sites excluding steroid dienone is 2. The van der Waals surface area contributed by atoms with Crippen LogP contribution < -0.4 is 11.5 Å². The normalized spacial score (nSPS) is 11.2. The van der Waals surface area contributed by atoms with Gasteiger partial charge in [0.05, 0.1) is 35.7 Å². The van der Waals surface area contributed by atoms with Crippen molar-refractivity contribution >= 4 is 29.3 Å². The largest absolute Gasteiger partial charge is 0.396 e. The maximum Gasteiger partial charge on any atom is 0.178 e. The molecule has 0 aromatic carbocycles. The third kappa shape index (κ3) is 3.70. The summed E-state index contributed by atoms with van der Waals surface area (Å²) in [6, 6.07) is 0. The van der Waals surface area contributed by atoms with Gasteiger partial charge in [0, 0.05) is 0 Å². The topological polar surface area (TPSA) is 121 Å². The molecule has 0 amide bonds. The van der Waals surface area contributed by atoms with Crippen molar-refractivity contribution in [1.82, 2.24) is 19.9 Å². The van der Waals surface area contributed by atoms with Gasteiger partial charge in [-0.2, -0.15) is 0 Å². The van der Waals surface area contributed by atoms with Gasteiger partial charge in [-0.1, -0.05) is 0 Å². The van der Waals surface area contributed by atoms with Gasteiger partial charge in [-0.25, -0.2) is 19.9 Å². The number of nitrogen functional groups attached to an aromatic ring is 2. The lowest BCUT2D eigenvalue weighted by Gasteiger charge is -1.95. The second kappa shape index (κ2) is 6.19. The third-order valence-electron chi connectivity index (χ3n) is 2.27. The standard InChI is InChI=1S/C13H12N6O/c14-9-5-17-13(18-6-9)4-2-10(20)1-3-12-11(15)7-16-8-19-12/h1-8H,14-15H2. The Labute approximate surface area is 115 Å². The van der Waals surface area contributed by atoms with Crippen molar-refractivity contribution in [3.63, 3.8) is 0 Å². The van der Waals surface area contributed by atoms with E-state index < -0.39 is 0 Å². The van der Waals surface area contributed by atoms with E-state index in [2.05, 4.69) is 19.9 Å². The molecule has 4 N–H and O–H groups in total. The molecule has 0 aliphatic rings. The van der Waals surface area contributed by atoms with E-state index in [1.807, 2.05) is 0 Å². The summed E-state index contributed by atoms with van der Waals surface area (Å²) in [6.07, 6.45) is 11.5. The lowest BCUT2D eigenvalue weighted by molar-refractivity contribution is -0.110. The van der Waals surface area contributed by atoms with Gasteiger partial charge in [0.15, 0.2) is 11.6 Å². The molecule has 2 aromatic heterocycles. The second-order valence-electron chi connectivity index (χ2n) is 3.81. The lowest BCUT2D eigenvalue weighted by Crippen LogP contribution is -1.94. The zero-order valence-electron chi connectivity index (χ0n) is 10.5. The average Bonchev–Trinajstić information content (AvgIpc) is 2.46. The van der Waals surface area contributed by atoms with Crippen LogP contribution in [0.5, 0.6) is 0 Å². The van der Waals surface area contributed by atoms with E-state index in [0.29, 0.717) is 22.9 Å². The van der Waals surface area contributed by atoms with E-state index >= 15 is 0 Å². The number of hydrogen-bond donors (Lipinski definition) is 2. The minimum absolute atomic E-state index is 0.233. The molecule has 2 aromatic rings. The van der Waals surface area contributed by atoms with E-state index in [1.54, 1.807) is 0 Å². The molecule has 0 bridgehead atoms. The predicted octanol–water partition coefficient (Wildman–Crippen LogP) is 0.727. The van der Waals surface area contributed by atoms with Gasteiger partial charge in [0.1, 0.15) is 6.33 Å². The number of rotatable bonds is 4. The molecule has 0 aliphatic heterocycles. The molecule has 100 valence electrons. The third-order valence-corrected chi connectivity index (χ3v) is 2.27. The van der Waals surface area contributed by atoms with E-state index in [1.165, 1.54) is 49.2 Å². The fourth-order valence-electron chi connectivity index (χ4n) is 1.30. The molecule has 0 spiro atoms. The first-order valence-corrected chi connectivity index (χ1v) is 5.68. The highest BCUT2D eigenvalue weighted by molar-refractivity contribution is 6.04. The number of carbonyl (C=O) groups is 1. The average molecular weight is 268 g/mol. The SMILES string of the molecule is Nc1cnc(C=CC(=O)C=Cc2ncncc2N)nc1. The van der Waals surface area contributed by atoms with Crippen LogP contribution in [0.25, 0.3) is 12.2 Å². The summed E-state index contributed by atoms with van der Waals surface area (Å²) in [4.78, 5) is 27.2. The van der Waals surface area contributed by atoms with E-state index in [0.717, 1.165) is 0 Å². The second-order valence-corrected chi connectivity index (χ2v) is 3.81. The van der Waals surface area contributed by atoms with Crippen LogP contribution in [0.15, 0.2) is 37.1 Å². The number of nitrogens with zero attached hydrogens (tertiary/aromatic N) is 4. The molecule has 20 heavy (non-hydrogen) atoms. The summed E-state index contributed by atoms with van der Waals surface area (Å²) in [5.74, 6) is 0.172. The van der Waals surface area contributed by atoms with Crippen LogP contribution in [0.3, 0.4) is 0 Å². The van der Waals surface area contributed by atoms with Gasteiger partial charge in [0.2, 0.25) is 0 Å². The van der Waals surface area contributed by atoms with Gasteiger partial charge in [-0.05, 0) is 24.3 Å². The maximum atomic E-state index is 11.6. The maximum absolute atomic E-state index is 11.6. The zero-order valence-corrected chi connectivity index (χ0v) is 10.5. The minimum atomic E-state index is -0.233. The molecule has 0 radical (unpaired) electrons. The highest BCUT2D eigenvalue weighted by Gasteiger charge is 1.97. The highest BCUT2D eigenvalue weighted by atomic mass is 16.1. The molecular weight excluding hydrogens is 256 g/mol. The zero-order chi connectivity index (χ0) is 14.4. The van der Waals surface area contributed by atoms with Crippen molar-refractivity contribution in [2.24, 2.45) is 0 Å². The first-order chi connectivity index (χ1) is 9.65. The van der Waals surface area contributed by atoms with Crippen molar-refractivity contribution in [3.05, 3.63) is 48.6 Å². The minimum Gasteiger partial charge on any atom is -0.396 e. The lowest BCUT2D eigenvalue weighted by atomic mass is 10.2. The molecule has 0 saturated carbocycles. The molecule has 0 fully saturated rings. The molecule has 7 nitrogen and oxygen atoms in total. The molecule has 0 aliphatic carbocycles. The van der Waals surface area contributed by atoms with Gasteiger partial charge in [0.25, 0.3) is 0 Å². The van der Waals surface area contributed by atoms with Crippen molar-refractivity contribution in [3.8, 4) is 0 Å². The Bertz CT molecular complexity index is 663. The first kappa shape index (κ1) is 13.3. The Hall–Kier alpha value is -3.09. The van der Waals surface area contributed by atoms with Crippen LogP contribution in [0.4, 0.5) is 11.4 Å². The smallest absolute Gasteiger partial charge is 0.178 e. The summed E-state index contributed by atoms with van der Waals surface area (Å²) >= 11 is 0. The Kier molecular flexibility index (Phi) is 4.13. The van der Waals surface area contributed by atoms with Crippen molar-refractivity contribution < 1.29 is 4.79 Å².